The summed E-state index contributed by atoms with van der Waals surface area (Å²) in [6, 6.07) is 13.5. The molecule has 0 aliphatic carbocycles. The Morgan fingerprint density at radius 3 is 2.54 bits per heavy atom. The highest BCUT2D eigenvalue weighted by Gasteiger charge is 2.33. The first kappa shape index (κ1) is 24.8. The molecule has 8 nitrogen and oxygen atoms in total. The fourth-order valence-corrected chi connectivity index (χ4v) is 6.06. The van der Waals surface area contributed by atoms with E-state index >= 15 is 0 Å². The molecule has 1 N–H and O–H groups in total. The van der Waals surface area contributed by atoms with Gasteiger partial charge in [-0.2, -0.15) is 18.3 Å². The molecule has 0 radical (unpaired) electrons. The molecule has 1 aromatic heterocycles. The quantitative estimate of drug-likeness (QED) is 0.381. The van der Waals surface area contributed by atoms with Crippen LogP contribution in [0.4, 0.5) is 24.5 Å². The molecule has 190 valence electrons. The van der Waals surface area contributed by atoms with Crippen molar-refractivity contribution >= 4 is 38.9 Å². The second kappa shape index (κ2) is 9.20. The third kappa shape index (κ3) is 4.65. The van der Waals surface area contributed by atoms with Crippen molar-refractivity contribution in [2.45, 2.75) is 17.5 Å². The molecular weight excluding hydrogens is 531 g/mol. The van der Waals surface area contributed by atoms with Crippen LogP contribution in [-0.2, 0) is 22.6 Å². The summed E-state index contributed by atoms with van der Waals surface area (Å²) in [4.78, 5) is 16.6. The van der Waals surface area contributed by atoms with Gasteiger partial charge in [0.25, 0.3) is 15.9 Å². The van der Waals surface area contributed by atoms with Crippen molar-refractivity contribution in [2.75, 3.05) is 16.2 Å². The van der Waals surface area contributed by atoms with Gasteiger partial charge in [0.15, 0.2) is 0 Å². The zero-order valence-corrected chi connectivity index (χ0v) is 20.3. The Labute approximate surface area is 214 Å². The van der Waals surface area contributed by atoms with Crippen LogP contribution in [0.25, 0.3) is 5.69 Å². The Balaban J connectivity index is 1.51. The van der Waals surface area contributed by atoms with Gasteiger partial charge in [0.2, 0.25) is 0 Å². The molecule has 1 aliphatic heterocycles. The van der Waals surface area contributed by atoms with Crippen LogP contribution in [0.5, 0.6) is 0 Å². The summed E-state index contributed by atoms with van der Waals surface area (Å²) in [5, 5.41) is 6.25. The van der Waals surface area contributed by atoms with Crippen LogP contribution in [0.1, 0.15) is 21.5 Å². The molecule has 2 heterocycles. The number of anilines is 2. The number of nitrogens with zero attached hydrogens (tertiary/aromatic N) is 4. The molecule has 5 rings (SSSR count). The zero-order chi connectivity index (χ0) is 26.4. The summed E-state index contributed by atoms with van der Waals surface area (Å²) >= 11 is 6.23. The van der Waals surface area contributed by atoms with Crippen molar-refractivity contribution in [3.63, 3.8) is 0 Å². The zero-order valence-electron chi connectivity index (χ0n) is 18.8. The summed E-state index contributed by atoms with van der Waals surface area (Å²) < 4.78 is 69.4. The van der Waals surface area contributed by atoms with Crippen LogP contribution in [0.3, 0.4) is 0 Å². The first-order chi connectivity index (χ1) is 17.6. The van der Waals surface area contributed by atoms with E-state index < -0.39 is 27.7 Å². The standard InChI is InChI=1S/C24H17ClF3N5O3S/c25-18-7-5-16(11-22(18)37(35,36)33-10-9-15-3-1-2-4-20(15)33)23(34)31-19-12-17(24(26,27)28)6-8-21(19)32-14-29-13-30-32/h1-8,11-14H,9-10H2,(H,31,34). The number of halogens is 4. The van der Waals surface area contributed by atoms with E-state index in [1.54, 1.807) is 12.1 Å². The number of aromatic nitrogens is 3. The van der Waals surface area contributed by atoms with Gasteiger partial charge in [0, 0.05) is 12.1 Å². The second-order valence-corrected chi connectivity index (χ2v) is 10.4. The molecule has 0 saturated heterocycles. The minimum absolute atomic E-state index is 0.0942. The van der Waals surface area contributed by atoms with Crippen molar-refractivity contribution in [3.05, 3.63) is 95.0 Å². The number of nitrogens with one attached hydrogen (secondary N) is 1. The monoisotopic (exact) mass is 547 g/mol. The highest BCUT2D eigenvalue weighted by atomic mass is 35.5. The number of benzene rings is 3. The first-order valence-corrected chi connectivity index (χ1v) is 12.7. The van der Waals surface area contributed by atoms with Crippen LogP contribution in [-0.4, -0.2) is 35.6 Å². The molecule has 0 spiro atoms. The molecule has 1 amide bonds. The molecule has 37 heavy (non-hydrogen) atoms. The predicted molar refractivity (Wildman–Crippen MR) is 130 cm³/mol. The van der Waals surface area contributed by atoms with Crippen LogP contribution >= 0.6 is 11.6 Å². The van der Waals surface area contributed by atoms with E-state index in [1.807, 2.05) is 12.1 Å². The van der Waals surface area contributed by atoms with E-state index in [0.29, 0.717) is 12.1 Å². The van der Waals surface area contributed by atoms with Gasteiger partial charge in [0.1, 0.15) is 17.6 Å². The number of rotatable bonds is 5. The van der Waals surface area contributed by atoms with E-state index in [4.69, 9.17) is 11.6 Å². The van der Waals surface area contributed by atoms with E-state index in [2.05, 4.69) is 15.4 Å². The minimum Gasteiger partial charge on any atom is -0.320 e. The Kier molecular flexibility index (Phi) is 6.16. The molecule has 0 bridgehead atoms. The molecule has 0 fully saturated rings. The molecule has 4 aromatic rings. The van der Waals surface area contributed by atoms with E-state index in [1.165, 1.54) is 33.8 Å². The maximum absolute atomic E-state index is 13.5. The number of para-hydroxylation sites is 1. The highest BCUT2D eigenvalue weighted by molar-refractivity contribution is 7.93. The molecular formula is C24H17ClF3N5O3S. The van der Waals surface area contributed by atoms with Gasteiger partial charge in [-0.3, -0.25) is 9.10 Å². The molecule has 1 aliphatic rings. The largest absolute Gasteiger partial charge is 0.416 e. The average molecular weight is 548 g/mol. The SMILES string of the molecule is O=C(Nc1cc(C(F)(F)F)ccc1-n1cncn1)c1ccc(Cl)c(S(=O)(=O)N2CCc3ccccc32)c1. The number of sulfonamides is 1. The van der Waals surface area contributed by atoms with Crippen LogP contribution in [0.2, 0.25) is 5.02 Å². The number of fused-ring (bicyclic) bond motifs is 1. The fourth-order valence-electron chi connectivity index (χ4n) is 4.06. The van der Waals surface area contributed by atoms with Crippen LogP contribution in [0, 0.1) is 0 Å². The van der Waals surface area contributed by atoms with Crippen molar-refractivity contribution in [3.8, 4) is 5.69 Å². The summed E-state index contributed by atoms with van der Waals surface area (Å²) in [6.07, 6.45) is -1.68. The Bertz CT molecular complexity index is 1610. The lowest BCUT2D eigenvalue weighted by Crippen LogP contribution is -2.29. The molecule has 0 atom stereocenters. The Morgan fingerprint density at radius 2 is 1.81 bits per heavy atom. The Morgan fingerprint density at radius 1 is 1.03 bits per heavy atom. The van der Waals surface area contributed by atoms with E-state index in [9.17, 15) is 26.4 Å². The summed E-state index contributed by atoms with van der Waals surface area (Å²) in [5.74, 6) is -0.837. The topological polar surface area (TPSA) is 97.2 Å². The third-order valence-electron chi connectivity index (χ3n) is 5.84. The number of carbonyl (C=O) groups excluding carboxylic acids is 1. The lowest BCUT2D eigenvalue weighted by Gasteiger charge is -2.21. The summed E-state index contributed by atoms with van der Waals surface area (Å²) in [7, 11) is -4.13. The molecule has 13 heteroatoms. The van der Waals surface area contributed by atoms with Gasteiger partial charge >= 0.3 is 6.18 Å². The smallest absolute Gasteiger partial charge is 0.320 e. The normalized spacial score (nSPS) is 13.5. The number of hydrogen-bond acceptors (Lipinski definition) is 5. The maximum atomic E-state index is 13.5. The minimum atomic E-state index is -4.66. The fraction of sp³-hybridized carbons (Fsp3) is 0.125. The highest BCUT2D eigenvalue weighted by Crippen LogP contribution is 2.36. The van der Waals surface area contributed by atoms with Crippen molar-refractivity contribution in [1.29, 1.82) is 0 Å². The predicted octanol–water partition coefficient (Wildman–Crippen LogP) is 4.94. The number of carbonyl (C=O) groups is 1. The molecule has 3 aromatic carbocycles. The Hall–Kier alpha value is -3.90. The molecule has 0 saturated carbocycles. The number of alkyl halides is 3. The van der Waals surface area contributed by atoms with Crippen molar-refractivity contribution in [1.82, 2.24) is 14.8 Å². The van der Waals surface area contributed by atoms with E-state index in [-0.39, 0.29) is 33.4 Å². The summed E-state index contributed by atoms with van der Waals surface area (Å²) in [5.41, 5.74) is 0.222. The summed E-state index contributed by atoms with van der Waals surface area (Å²) in [6.45, 7) is 0.208. The number of hydrogen-bond donors (Lipinski definition) is 1. The van der Waals surface area contributed by atoms with Crippen LogP contribution in [0.15, 0.2) is 78.2 Å². The van der Waals surface area contributed by atoms with Gasteiger partial charge in [-0.15, -0.1) is 0 Å². The lowest BCUT2D eigenvalue weighted by molar-refractivity contribution is -0.137. The van der Waals surface area contributed by atoms with Gasteiger partial charge < -0.3 is 5.32 Å². The van der Waals surface area contributed by atoms with Gasteiger partial charge in [-0.1, -0.05) is 29.8 Å². The molecule has 0 unspecified atom stereocenters. The van der Waals surface area contributed by atoms with Crippen LogP contribution < -0.4 is 9.62 Å². The maximum Gasteiger partial charge on any atom is 0.416 e. The van der Waals surface area contributed by atoms with Gasteiger partial charge in [-0.05, 0) is 54.4 Å². The lowest BCUT2D eigenvalue weighted by atomic mass is 10.1. The first-order valence-electron chi connectivity index (χ1n) is 10.8. The second-order valence-electron chi connectivity index (χ2n) is 8.12. The third-order valence-corrected chi connectivity index (χ3v) is 8.14. The number of amides is 1. The average Bonchev–Trinajstić information content (AvgIpc) is 3.54. The van der Waals surface area contributed by atoms with Crippen molar-refractivity contribution < 1.29 is 26.4 Å². The van der Waals surface area contributed by atoms with Gasteiger partial charge in [0.05, 0.1) is 27.6 Å². The van der Waals surface area contributed by atoms with Crippen molar-refractivity contribution in [2.24, 2.45) is 0 Å². The van der Waals surface area contributed by atoms with E-state index in [0.717, 1.165) is 29.8 Å². The van der Waals surface area contributed by atoms with Gasteiger partial charge in [-0.25, -0.2) is 18.1 Å².